The number of aryl methyl sites for hydroxylation is 1. The summed E-state index contributed by atoms with van der Waals surface area (Å²) < 4.78 is 13.4. The molecule has 1 fully saturated rings. The molecule has 1 atom stereocenters. The van der Waals surface area contributed by atoms with Crippen LogP contribution in [0.1, 0.15) is 63.3 Å². The number of esters is 1. The molecule has 0 spiro atoms. The normalized spacial score (nSPS) is 17.4. The van der Waals surface area contributed by atoms with E-state index in [0.29, 0.717) is 27.2 Å². The second kappa shape index (κ2) is 11.2. The minimum Gasteiger partial charge on any atom is -0.494 e. The first-order valence-electron chi connectivity index (χ1n) is 13.6. The largest absolute Gasteiger partial charge is 0.494 e. The van der Waals surface area contributed by atoms with Gasteiger partial charge in [-0.15, -0.1) is 0 Å². The fourth-order valence-electron chi connectivity index (χ4n) is 5.32. The molecule has 7 nitrogen and oxygen atoms in total. The molecule has 0 amide bonds. The van der Waals surface area contributed by atoms with Gasteiger partial charge in [-0.2, -0.15) is 0 Å². The molecule has 0 saturated carbocycles. The number of allylic oxidation sites excluding steroid dienone is 1. The zero-order chi connectivity index (χ0) is 27.7. The van der Waals surface area contributed by atoms with Gasteiger partial charge in [0.15, 0.2) is 4.80 Å². The number of thiazole rings is 1. The summed E-state index contributed by atoms with van der Waals surface area (Å²) in [4.78, 5) is 34.9. The molecule has 0 bridgehead atoms. The Kier molecular flexibility index (Phi) is 7.75. The lowest BCUT2D eigenvalue weighted by Crippen LogP contribution is -2.40. The van der Waals surface area contributed by atoms with Crippen molar-refractivity contribution < 1.29 is 14.3 Å². The summed E-state index contributed by atoms with van der Waals surface area (Å²) >= 11 is 1.34. The maximum atomic E-state index is 13.9. The van der Waals surface area contributed by atoms with Crippen LogP contribution in [0.2, 0.25) is 0 Å². The van der Waals surface area contributed by atoms with Crippen LogP contribution in [0.3, 0.4) is 0 Å². The van der Waals surface area contributed by atoms with E-state index in [4.69, 9.17) is 14.5 Å². The third-order valence-corrected chi connectivity index (χ3v) is 8.04. The molecule has 0 radical (unpaired) electrons. The van der Waals surface area contributed by atoms with Crippen LogP contribution in [-0.2, 0) is 9.53 Å². The van der Waals surface area contributed by atoms with Crippen molar-refractivity contribution in [1.82, 2.24) is 4.57 Å². The van der Waals surface area contributed by atoms with Crippen LogP contribution in [0, 0.1) is 6.92 Å². The number of carbonyl (C=O) groups excluding carboxylic acids is 1. The predicted molar refractivity (Wildman–Crippen MR) is 155 cm³/mol. The third kappa shape index (κ3) is 5.43. The van der Waals surface area contributed by atoms with Crippen molar-refractivity contribution >= 4 is 29.1 Å². The summed E-state index contributed by atoms with van der Waals surface area (Å²) in [5.41, 5.74) is 4.96. The van der Waals surface area contributed by atoms with Crippen LogP contribution in [0.25, 0.3) is 6.08 Å². The highest BCUT2D eigenvalue weighted by molar-refractivity contribution is 7.07. The van der Waals surface area contributed by atoms with Gasteiger partial charge in [0.05, 0.1) is 34.6 Å². The number of rotatable bonds is 7. The quantitative estimate of drug-likeness (QED) is 0.409. The Labute approximate surface area is 232 Å². The fraction of sp³-hybridized carbons (Fsp3) is 0.387. The minimum atomic E-state index is -0.649. The van der Waals surface area contributed by atoms with Crippen LogP contribution in [-0.4, -0.2) is 36.3 Å². The number of aromatic nitrogens is 1. The van der Waals surface area contributed by atoms with Crippen molar-refractivity contribution in [2.45, 2.75) is 59.6 Å². The molecule has 5 rings (SSSR count). The van der Waals surface area contributed by atoms with Gasteiger partial charge in [-0.05, 0) is 94.5 Å². The molecular formula is C31H35N3O4S. The number of ether oxygens (including phenoxy) is 2. The van der Waals surface area contributed by atoms with E-state index < -0.39 is 12.0 Å². The molecule has 3 aromatic rings. The van der Waals surface area contributed by atoms with Gasteiger partial charge < -0.3 is 14.4 Å². The van der Waals surface area contributed by atoms with E-state index in [1.807, 2.05) is 51.1 Å². The van der Waals surface area contributed by atoms with Crippen LogP contribution in [0.15, 0.2) is 63.5 Å². The topological polar surface area (TPSA) is 73.1 Å². The van der Waals surface area contributed by atoms with Crippen molar-refractivity contribution in [3.8, 4) is 5.75 Å². The lowest BCUT2D eigenvalue weighted by atomic mass is 9.96. The second-order valence-electron chi connectivity index (χ2n) is 10.3. The molecule has 3 heterocycles. The summed E-state index contributed by atoms with van der Waals surface area (Å²) in [7, 11) is 0. The molecule has 39 heavy (non-hydrogen) atoms. The Bertz CT molecular complexity index is 1590. The maximum Gasteiger partial charge on any atom is 0.338 e. The Morgan fingerprint density at radius 1 is 1.13 bits per heavy atom. The number of anilines is 1. The lowest BCUT2D eigenvalue weighted by Gasteiger charge is -2.25. The first kappa shape index (κ1) is 26.9. The maximum absolute atomic E-state index is 13.9. The molecule has 1 saturated heterocycles. The molecule has 0 N–H and O–H groups in total. The molecule has 0 unspecified atom stereocenters. The first-order valence-corrected chi connectivity index (χ1v) is 14.4. The minimum absolute atomic E-state index is 0.179. The molecular weight excluding hydrogens is 510 g/mol. The van der Waals surface area contributed by atoms with Gasteiger partial charge in [-0.25, -0.2) is 9.79 Å². The van der Waals surface area contributed by atoms with Gasteiger partial charge in [0.2, 0.25) is 0 Å². The van der Waals surface area contributed by atoms with Gasteiger partial charge in [0.1, 0.15) is 5.75 Å². The number of hydrogen-bond acceptors (Lipinski definition) is 7. The monoisotopic (exact) mass is 545 g/mol. The predicted octanol–water partition coefficient (Wildman–Crippen LogP) is 4.49. The molecule has 8 heteroatoms. The zero-order valence-electron chi connectivity index (χ0n) is 23.2. The summed E-state index contributed by atoms with van der Waals surface area (Å²) in [5.74, 6) is 0.265. The lowest BCUT2D eigenvalue weighted by molar-refractivity contribution is -0.143. The highest BCUT2D eigenvalue weighted by atomic mass is 32.1. The van der Waals surface area contributed by atoms with Gasteiger partial charge in [0.25, 0.3) is 5.56 Å². The van der Waals surface area contributed by atoms with Gasteiger partial charge in [-0.1, -0.05) is 29.5 Å². The average molecular weight is 546 g/mol. The van der Waals surface area contributed by atoms with Crippen molar-refractivity contribution in [3.05, 3.63) is 90.1 Å². The summed E-state index contributed by atoms with van der Waals surface area (Å²) in [6, 6.07) is 13.2. The number of nitrogens with zero attached hydrogens (tertiary/aromatic N) is 3. The highest BCUT2D eigenvalue weighted by Crippen LogP contribution is 2.32. The average Bonchev–Trinajstić information content (AvgIpc) is 3.52. The van der Waals surface area contributed by atoms with Crippen LogP contribution in [0.5, 0.6) is 5.75 Å². The molecule has 2 aliphatic heterocycles. The van der Waals surface area contributed by atoms with Crippen molar-refractivity contribution in [2.75, 3.05) is 24.6 Å². The van der Waals surface area contributed by atoms with Gasteiger partial charge in [0, 0.05) is 18.8 Å². The van der Waals surface area contributed by atoms with E-state index in [2.05, 4.69) is 30.0 Å². The summed E-state index contributed by atoms with van der Waals surface area (Å²) in [5, 5.41) is 0. The van der Waals surface area contributed by atoms with E-state index >= 15 is 0 Å². The number of carbonyl (C=O) groups is 1. The van der Waals surface area contributed by atoms with E-state index in [9.17, 15) is 9.59 Å². The SMILES string of the molecule is CCOc1ccc([C@H]2C(C(=O)OC(C)C)=C(C)N=c3s/c(=C\c4ccc(N5CCCC5)c(C)c4)c(=O)n32)cc1. The number of benzene rings is 2. The van der Waals surface area contributed by atoms with E-state index in [-0.39, 0.29) is 11.7 Å². The van der Waals surface area contributed by atoms with E-state index in [0.717, 1.165) is 30.0 Å². The molecule has 0 aliphatic carbocycles. The van der Waals surface area contributed by atoms with E-state index in [1.165, 1.54) is 35.4 Å². The van der Waals surface area contributed by atoms with Crippen LogP contribution in [0.4, 0.5) is 5.69 Å². The Hall–Kier alpha value is -3.65. The molecule has 2 aliphatic rings. The Morgan fingerprint density at radius 3 is 2.49 bits per heavy atom. The fourth-order valence-corrected chi connectivity index (χ4v) is 6.37. The van der Waals surface area contributed by atoms with Crippen LogP contribution >= 0.6 is 11.3 Å². The smallest absolute Gasteiger partial charge is 0.338 e. The first-order chi connectivity index (χ1) is 18.8. The third-order valence-electron chi connectivity index (χ3n) is 7.06. The Balaban J connectivity index is 1.61. The number of hydrogen-bond donors (Lipinski definition) is 0. The highest BCUT2D eigenvalue weighted by Gasteiger charge is 2.33. The van der Waals surface area contributed by atoms with Gasteiger partial charge >= 0.3 is 5.97 Å². The number of fused-ring (bicyclic) bond motifs is 1. The molecule has 204 valence electrons. The summed E-state index contributed by atoms with van der Waals surface area (Å²) in [6.45, 7) is 12.2. The summed E-state index contributed by atoms with van der Waals surface area (Å²) in [6.07, 6.45) is 4.08. The second-order valence-corrected chi connectivity index (χ2v) is 11.3. The van der Waals surface area contributed by atoms with Gasteiger partial charge in [-0.3, -0.25) is 9.36 Å². The van der Waals surface area contributed by atoms with E-state index in [1.54, 1.807) is 11.5 Å². The molecule has 2 aromatic carbocycles. The van der Waals surface area contributed by atoms with Crippen molar-refractivity contribution in [3.63, 3.8) is 0 Å². The Morgan fingerprint density at radius 2 is 1.85 bits per heavy atom. The van der Waals surface area contributed by atoms with Crippen LogP contribution < -0.4 is 24.5 Å². The van der Waals surface area contributed by atoms with Crippen molar-refractivity contribution in [2.24, 2.45) is 4.99 Å². The zero-order valence-corrected chi connectivity index (χ0v) is 24.0. The standard InChI is InChI=1S/C31H35N3O4S/c1-6-37-24-12-10-23(11-13-24)28-27(30(36)38-19(2)3)21(5)32-31-34(28)29(35)26(39-31)18-22-9-14-25(20(4)17-22)33-15-7-8-16-33/h9-14,17-19,28H,6-8,15-16H2,1-5H3/b26-18-/t28-/m0/s1. The molecule has 1 aromatic heterocycles. The van der Waals surface area contributed by atoms with Crippen molar-refractivity contribution in [1.29, 1.82) is 0 Å².